The zero-order valence-corrected chi connectivity index (χ0v) is 20.4. The highest BCUT2D eigenvalue weighted by molar-refractivity contribution is 6.08. The van der Waals surface area contributed by atoms with Crippen LogP contribution in [-0.2, 0) is 11.8 Å². The van der Waals surface area contributed by atoms with Crippen molar-refractivity contribution < 1.29 is 9.53 Å². The van der Waals surface area contributed by atoms with Crippen LogP contribution in [0, 0.1) is 0 Å². The Morgan fingerprint density at radius 3 is 2.54 bits per heavy atom. The second kappa shape index (κ2) is 9.89. The molecular weight excluding hydrogens is 442 g/mol. The summed E-state index contributed by atoms with van der Waals surface area (Å²) < 4.78 is 7.68. The molecule has 1 saturated heterocycles. The van der Waals surface area contributed by atoms with E-state index in [1.54, 1.807) is 0 Å². The largest absolute Gasteiger partial charge is 0.378 e. The molecule has 4 aromatic rings. The monoisotopic (exact) mass is 473 g/mol. The zero-order valence-electron chi connectivity index (χ0n) is 20.4. The molecule has 9 nitrogen and oxygen atoms in total. The highest BCUT2D eigenvalue weighted by atomic mass is 16.5. The van der Waals surface area contributed by atoms with Crippen molar-refractivity contribution in [3.63, 3.8) is 0 Å². The third-order valence-electron chi connectivity index (χ3n) is 6.27. The van der Waals surface area contributed by atoms with Crippen LogP contribution in [0.15, 0.2) is 48.7 Å². The number of ether oxygens (including phenoxy) is 1. The van der Waals surface area contributed by atoms with Gasteiger partial charge in [0.1, 0.15) is 5.82 Å². The van der Waals surface area contributed by atoms with Crippen LogP contribution >= 0.6 is 0 Å². The van der Waals surface area contributed by atoms with Crippen LogP contribution in [0.1, 0.15) is 0 Å². The summed E-state index contributed by atoms with van der Waals surface area (Å²) in [6.07, 6.45) is 2.06. The molecule has 2 amide bonds. The van der Waals surface area contributed by atoms with E-state index in [0.717, 1.165) is 58.5 Å². The van der Waals surface area contributed by atoms with Crippen LogP contribution in [0.25, 0.3) is 33.2 Å². The van der Waals surface area contributed by atoms with Crippen molar-refractivity contribution in [1.82, 2.24) is 24.8 Å². The molecule has 0 bridgehead atoms. The first-order valence-electron chi connectivity index (χ1n) is 11.9. The van der Waals surface area contributed by atoms with Crippen molar-refractivity contribution in [2.75, 3.05) is 63.7 Å². The standard InChI is InChI=1S/C26H31N7O2/c1-31(2)13-11-27-26(34)28-19-6-4-18(5-7-19)24-29-23-20-10-12-32(3)22(20)9-8-21(23)25(30-24)33-14-16-35-17-15-33/h4-10,12H,11,13-17H2,1-3H3,(H2,27,28,34). The van der Waals surface area contributed by atoms with Crippen LogP contribution in [0.2, 0.25) is 0 Å². The van der Waals surface area contributed by atoms with Gasteiger partial charge in [-0.3, -0.25) is 0 Å². The van der Waals surface area contributed by atoms with E-state index >= 15 is 0 Å². The van der Waals surface area contributed by atoms with Crippen molar-refractivity contribution in [2.45, 2.75) is 0 Å². The van der Waals surface area contributed by atoms with Crippen molar-refractivity contribution in [3.05, 3.63) is 48.7 Å². The van der Waals surface area contributed by atoms with Gasteiger partial charge in [-0.05, 0) is 56.6 Å². The molecule has 0 aliphatic carbocycles. The van der Waals surface area contributed by atoms with Crippen LogP contribution in [0.3, 0.4) is 0 Å². The first-order chi connectivity index (χ1) is 17.0. The van der Waals surface area contributed by atoms with Crippen molar-refractivity contribution >= 4 is 39.3 Å². The number of aryl methyl sites for hydroxylation is 1. The number of anilines is 2. The fraction of sp³-hybridized carbons (Fsp3) is 0.346. The van der Waals surface area contributed by atoms with Gasteiger partial charge in [0.05, 0.1) is 18.7 Å². The van der Waals surface area contributed by atoms with Crippen LogP contribution < -0.4 is 15.5 Å². The lowest BCUT2D eigenvalue weighted by atomic mass is 10.1. The summed E-state index contributed by atoms with van der Waals surface area (Å²) in [6, 6.07) is 13.8. The highest BCUT2D eigenvalue weighted by Crippen LogP contribution is 2.33. The van der Waals surface area contributed by atoms with E-state index in [2.05, 4.69) is 44.5 Å². The second-order valence-corrected chi connectivity index (χ2v) is 9.05. The third kappa shape index (κ3) is 4.91. The minimum absolute atomic E-state index is 0.220. The normalized spacial score (nSPS) is 14.1. The number of carbonyl (C=O) groups is 1. The molecule has 1 aliphatic rings. The lowest BCUT2D eigenvalue weighted by molar-refractivity contribution is 0.122. The SMILES string of the molecule is CN(C)CCNC(=O)Nc1ccc(-c2nc(N3CCOCC3)c3ccc4c(ccn4C)c3n2)cc1. The predicted octanol–water partition coefficient (Wildman–Crippen LogP) is 3.31. The van der Waals surface area contributed by atoms with E-state index in [0.29, 0.717) is 25.6 Å². The van der Waals surface area contributed by atoms with Crippen molar-refractivity contribution in [2.24, 2.45) is 7.05 Å². The molecular formula is C26H31N7O2. The molecule has 9 heteroatoms. The number of morpholine rings is 1. The number of hydrogen-bond donors (Lipinski definition) is 2. The van der Waals surface area contributed by atoms with Crippen LogP contribution in [0.5, 0.6) is 0 Å². The Bertz CT molecular complexity index is 1340. The summed E-state index contributed by atoms with van der Waals surface area (Å²) in [5.41, 5.74) is 3.69. The molecule has 35 heavy (non-hydrogen) atoms. The van der Waals surface area contributed by atoms with Crippen molar-refractivity contribution in [3.8, 4) is 11.4 Å². The first-order valence-corrected chi connectivity index (χ1v) is 11.9. The highest BCUT2D eigenvalue weighted by Gasteiger charge is 2.19. The number of amides is 2. The number of fused-ring (bicyclic) bond motifs is 3. The van der Waals surface area contributed by atoms with Crippen LogP contribution in [-0.4, -0.2) is 79.0 Å². The maximum Gasteiger partial charge on any atom is 0.319 e. The van der Waals surface area contributed by atoms with Gasteiger partial charge in [0.15, 0.2) is 5.82 Å². The quantitative estimate of drug-likeness (QED) is 0.447. The smallest absolute Gasteiger partial charge is 0.319 e. The number of likely N-dealkylation sites (N-methyl/N-ethyl adjacent to an activating group) is 1. The Balaban J connectivity index is 1.47. The predicted molar refractivity (Wildman–Crippen MR) is 140 cm³/mol. The van der Waals surface area contributed by atoms with Gasteiger partial charge in [0.25, 0.3) is 0 Å². The van der Waals surface area contributed by atoms with E-state index in [1.807, 2.05) is 50.3 Å². The van der Waals surface area contributed by atoms with E-state index < -0.39 is 0 Å². The summed E-state index contributed by atoms with van der Waals surface area (Å²) >= 11 is 0. The maximum absolute atomic E-state index is 12.2. The molecule has 0 radical (unpaired) electrons. The zero-order chi connectivity index (χ0) is 24.4. The minimum Gasteiger partial charge on any atom is -0.378 e. The second-order valence-electron chi connectivity index (χ2n) is 9.05. The number of rotatable bonds is 6. The van der Waals surface area contributed by atoms with E-state index in [1.165, 1.54) is 0 Å². The average molecular weight is 474 g/mol. The number of nitrogens with zero attached hydrogens (tertiary/aromatic N) is 5. The molecule has 5 rings (SSSR count). The lowest BCUT2D eigenvalue weighted by Gasteiger charge is -2.29. The molecule has 0 saturated carbocycles. The Morgan fingerprint density at radius 1 is 1.03 bits per heavy atom. The molecule has 2 aromatic heterocycles. The Kier molecular flexibility index (Phi) is 6.52. The lowest BCUT2D eigenvalue weighted by Crippen LogP contribution is -2.37. The minimum atomic E-state index is -0.220. The molecule has 0 atom stereocenters. The Hall–Kier alpha value is -3.69. The molecule has 182 valence electrons. The molecule has 1 fully saturated rings. The van der Waals surface area contributed by atoms with Gasteiger partial charge in [0, 0.05) is 67.0 Å². The number of aromatic nitrogens is 3. The summed E-state index contributed by atoms with van der Waals surface area (Å²) in [6.45, 7) is 4.33. The summed E-state index contributed by atoms with van der Waals surface area (Å²) in [4.78, 5) is 26.5. The van der Waals surface area contributed by atoms with Gasteiger partial charge in [-0.25, -0.2) is 14.8 Å². The van der Waals surface area contributed by atoms with Gasteiger partial charge in [0.2, 0.25) is 0 Å². The number of benzene rings is 2. The number of hydrogen-bond acceptors (Lipinski definition) is 6. The van der Waals surface area contributed by atoms with Gasteiger partial charge in [-0.1, -0.05) is 0 Å². The summed E-state index contributed by atoms with van der Waals surface area (Å²) in [5.74, 6) is 1.60. The Morgan fingerprint density at radius 2 is 1.80 bits per heavy atom. The van der Waals surface area contributed by atoms with E-state index in [9.17, 15) is 4.79 Å². The molecule has 2 N–H and O–H groups in total. The van der Waals surface area contributed by atoms with E-state index in [4.69, 9.17) is 14.7 Å². The first kappa shape index (κ1) is 23.1. The molecule has 2 aromatic carbocycles. The molecule has 3 heterocycles. The topological polar surface area (TPSA) is 87.5 Å². The number of nitrogens with one attached hydrogen (secondary N) is 2. The number of urea groups is 1. The third-order valence-corrected chi connectivity index (χ3v) is 6.27. The van der Waals surface area contributed by atoms with E-state index in [-0.39, 0.29) is 6.03 Å². The van der Waals surface area contributed by atoms with Gasteiger partial charge in [-0.2, -0.15) is 0 Å². The summed E-state index contributed by atoms with van der Waals surface area (Å²) in [7, 11) is 5.99. The fourth-order valence-electron chi connectivity index (χ4n) is 4.34. The van der Waals surface area contributed by atoms with Gasteiger partial charge < -0.3 is 29.7 Å². The van der Waals surface area contributed by atoms with Crippen LogP contribution in [0.4, 0.5) is 16.3 Å². The van der Waals surface area contributed by atoms with Gasteiger partial charge in [-0.15, -0.1) is 0 Å². The number of carbonyl (C=O) groups excluding carboxylic acids is 1. The van der Waals surface area contributed by atoms with Gasteiger partial charge >= 0.3 is 6.03 Å². The average Bonchev–Trinajstić information content (AvgIpc) is 3.25. The van der Waals surface area contributed by atoms with Crippen molar-refractivity contribution in [1.29, 1.82) is 0 Å². The molecule has 1 aliphatic heterocycles. The molecule has 0 unspecified atom stereocenters. The maximum atomic E-state index is 12.2. The fourth-order valence-corrected chi connectivity index (χ4v) is 4.34. The molecule has 0 spiro atoms. The summed E-state index contributed by atoms with van der Waals surface area (Å²) in [5, 5.41) is 7.89. The Labute approximate surface area is 204 Å².